The lowest BCUT2D eigenvalue weighted by atomic mass is 10.9. The zero-order valence-electron chi connectivity index (χ0n) is 3.93. The largest absolute Gasteiger partial charge is 0.305 e. The molecule has 0 aliphatic rings. The molecule has 0 unspecified atom stereocenters. The van der Waals surface area contributed by atoms with Crippen molar-refractivity contribution >= 4 is 21.9 Å². The molecule has 0 fully saturated rings. The van der Waals surface area contributed by atoms with E-state index in [1.807, 2.05) is 13.2 Å². The monoisotopic (exact) mass is 124 g/mol. The summed E-state index contributed by atoms with van der Waals surface area (Å²) in [5, 5.41) is 0. The summed E-state index contributed by atoms with van der Waals surface area (Å²) in [6, 6.07) is 0. The summed E-state index contributed by atoms with van der Waals surface area (Å²) >= 11 is 1.42. The van der Waals surface area contributed by atoms with Crippen LogP contribution in [-0.4, -0.2) is 12.9 Å². The second-order valence-corrected chi connectivity index (χ2v) is 2.75. The molecule has 0 amide bonds. The Kier molecular flexibility index (Phi) is 6.28. The maximum atomic E-state index is 4.86. The predicted octanol–water partition coefficient (Wildman–Crippen LogP) is 1.95. The number of hydrogen-bond donors (Lipinski definition) is 0. The van der Waals surface area contributed by atoms with Crippen LogP contribution in [0.3, 0.4) is 0 Å². The van der Waals surface area contributed by atoms with Crippen molar-refractivity contribution in [2.45, 2.75) is 6.92 Å². The van der Waals surface area contributed by atoms with Gasteiger partial charge in [-0.15, -0.1) is 0 Å². The summed E-state index contributed by atoms with van der Waals surface area (Å²) in [4.78, 5) is 0. The van der Waals surface area contributed by atoms with Gasteiger partial charge in [0.1, 0.15) is 0 Å². The first-order valence-corrected chi connectivity index (χ1v) is 4.22. The van der Waals surface area contributed by atoms with Gasteiger partial charge in [-0.05, 0) is 13.2 Å². The van der Waals surface area contributed by atoms with Crippen LogP contribution in [0.5, 0.6) is 0 Å². The highest BCUT2D eigenvalue weighted by atomic mass is 33.1. The van der Waals surface area contributed by atoms with Gasteiger partial charge in [-0.1, -0.05) is 10.8 Å². The Labute approximate surface area is 46.4 Å². The quantitative estimate of drug-likeness (QED) is 0.323. The van der Waals surface area contributed by atoms with E-state index in [1.54, 1.807) is 10.8 Å². The highest BCUT2D eigenvalue weighted by Crippen LogP contribution is 2.16. The first kappa shape index (κ1) is 6.66. The van der Waals surface area contributed by atoms with Crippen molar-refractivity contribution in [1.82, 2.24) is 0 Å². The molecule has 0 saturated carbocycles. The molecule has 0 spiro atoms. The normalized spacial score (nSPS) is 9.00. The Morgan fingerprint density at radius 1 is 1.67 bits per heavy atom. The highest BCUT2D eigenvalue weighted by Gasteiger charge is 1.74. The third-order valence-corrected chi connectivity index (χ3v) is 1.40. The first-order chi connectivity index (χ1) is 2.91. The first-order valence-electron chi connectivity index (χ1n) is 1.74. The molecule has 0 bridgehead atoms. The topological polar surface area (TPSA) is 9.23 Å². The molecule has 1 nitrogen and oxygen atoms in total. The molecule has 0 rings (SSSR count). The van der Waals surface area contributed by atoms with Gasteiger partial charge in [0.2, 0.25) is 0 Å². The third-order valence-electron chi connectivity index (χ3n) is 0.234. The van der Waals surface area contributed by atoms with E-state index in [1.165, 1.54) is 11.1 Å². The van der Waals surface area contributed by atoms with Crippen LogP contribution in [0, 0.1) is 0 Å². The van der Waals surface area contributed by atoms with E-state index in [4.69, 9.17) is 4.18 Å². The summed E-state index contributed by atoms with van der Waals surface area (Å²) in [6.45, 7) is 2.77. The molecule has 0 radical (unpaired) electrons. The van der Waals surface area contributed by atoms with E-state index in [0.29, 0.717) is 0 Å². The van der Waals surface area contributed by atoms with Crippen LogP contribution in [0.25, 0.3) is 0 Å². The van der Waals surface area contributed by atoms with Crippen molar-refractivity contribution in [3.8, 4) is 0 Å². The fourth-order valence-corrected chi connectivity index (χ4v) is 0.866. The average molecular weight is 124 g/mol. The Morgan fingerprint density at radius 2 is 2.33 bits per heavy atom. The van der Waals surface area contributed by atoms with Gasteiger partial charge in [-0.2, -0.15) is 0 Å². The zero-order valence-corrected chi connectivity index (χ0v) is 5.56. The van der Waals surface area contributed by atoms with Crippen LogP contribution in [-0.2, 0) is 4.18 Å². The Bertz CT molecular complexity index is 20.8. The third kappa shape index (κ3) is 4.66. The SMILES string of the molecule is CCOSSC. The summed E-state index contributed by atoms with van der Waals surface area (Å²) in [5.74, 6) is 0. The number of hydrogen-bond acceptors (Lipinski definition) is 3. The maximum Gasteiger partial charge on any atom is 0.0618 e. The molecule has 0 saturated heterocycles. The molecular weight excluding hydrogens is 116 g/mol. The van der Waals surface area contributed by atoms with Gasteiger partial charge in [-0.3, -0.25) is 0 Å². The van der Waals surface area contributed by atoms with E-state index in [-0.39, 0.29) is 0 Å². The van der Waals surface area contributed by atoms with Gasteiger partial charge in [0.05, 0.1) is 17.7 Å². The molecule has 0 aromatic carbocycles. The van der Waals surface area contributed by atoms with Crippen molar-refractivity contribution < 1.29 is 4.18 Å². The lowest BCUT2D eigenvalue weighted by Gasteiger charge is -1.88. The van der Waals surface area contributed by atoms with Gasteiger partial charge in [0.25, 0.3) is 0 Å². The Balaban J connectivity index is 2.34. The van der Waals surface area contributed by atoms with Gasteiger partial charge in [0.15, 0.2) is 0 Å². The fraction of sp³-hybridized carbons (Fsp3) is 1.00. The van der Waals surface area contributed by atoms with Crippen LogP contribution in [0.1, 0.15) is 6.92 Å². The second kappa shape index (κ2) is 5.66. The molecule has 0 atom stereocenters. The minimum atomic E-state index is 0.797. The van der Waals surface area contributed by atoms with Crippen LogP contribution in [0.15, 0.2) is 0 Å². The van der Waals surface area contributed by atoms with Crippen molar-refractivity contribution in [3.05, 3.63) is 0 Å². The molecular formula is C3H8OS2. The van der Waals surface area contributed by atoms with E-state index in [9.17, 15) is 0 Å². The van der Waals surface area contributed by atoms with Gasteiger partial charge in [0, 0.05) is 0 Å². The van der Waals surface area contributed by atoms with E-state index in [0.717, 1.165) is 6.61 Å². The summed E-state index contributed by atoms with van der Waals surface area (Å²) in [5.41, 5.74) is 0. The van der Waals surface area contributed by atoms with E-state index < -0.39 is 0 Å². The van der Waals surface area contributed by atoms with Gasteiger partial charge in [-0.25, -0.2) is 0 Å². The molecule has 6 heavy (non-hydrogen) atoms. The smallest absolute Gasteiger partial charge is 0.0618 e. The Hall–Kier alpha value is 0.660. The minimum Gasteiger partial charge on any atom is -0.305 e. The molecule has 0 aromatic rings. The van der Waals surface area contributed by atoms with Crippen LogP contribution >= 0.6 is 21.9 Å². The van der Waals surface area contributed by atoms with E-state index in [2.05, 4.69) is 0 Å². The molecule has 0 aliphatic heterocycles. The standard InChI is InChI=1S/C3H8OS2/c1-3-4-6-5-2/h3H2,1-2H3. The lowest BCUT2D eigenvalue weighted by Crippen LogP contribution is -1.69. The fourth-order valence-electron chi connectivity index (χ4n) is 0.0962. The van der Waals surface area contributed by atoms with Crippen molar-refractivity contribution in [3.63, 3.8) is 0 Å². The van der Waals surface area contributed by atoms with Gasteiger partial charge < -0.3 is 4.18 Å². The molecule has 38 valence electrons. The predicted molar refractivity (Wildman–Crippen MR) is 32.7 cm³/mol. The molecule has 0 aliphatic carbocycles. The van der Waals surface area contributed by atoms with Crippen molar-refractivity contribution in [2.24, 2.45) is 0 Å². The summed E-state index contributed by atoms with van der Waals surface area (Å²) < 4.78 is 4.86. The maximum absolute atomic E-state index is 4.86. The van der Waals surface area contributed by atoms with Crippen LogP contribution in [0.4, 0.5) is 0 Å². The second-order valence-electron chi connectivity index (χ2n) is 0.641. The van der Waals surface area contributed by atoms with Gasteiger partial charge >= 0.3 is 0 Å². The molecule has 0 N–H and O–H groups in total. The van der Waals surface area contributed by atoms with Crippen molar-refractivity contribution in [1.29, 1.82) is 0 Å². The van der Waals surface area contributed by atoms with Crippen molar-refractivity contribution in [2.75, 3.05) is 12.9 Å². The molecule has 0 heterocycles. The minimum absolute atomic E-state index is 0.797. The molecule has 0 aromatic heterocycles. The zero-order chi connectivity index (χ0) is 4.83. The number of rotatable bonds is 3. The summed E-state index contributed by atoms with van der Waals surface area (Å²) in [6.07, 6.45) is 1.99. The summed E-state index contributed by atoms with van der Waals surface area (Å²) in [7, 11) is 1.62. The lowest BCUT2D eigenvalue weighted by molar-refractivity contribution is 0.408. The molecule has 3 heteroatoms. The Morgan fingerprint density at radius 3 is 2.50 bits per heavy atom. The highest BCUT2D eigenvalue weighted by molar-refractivity contribution is 8.74. The van der Waals surface area contributed by atoms with Crippen LogP contribution in [0.2, 0.25) is 0 Å². The van der Waals surface area contributed by atoms with Crippen LogP contribution < -0.4 is 0 Å². The average Bonchev–Trinajstić information content (AvgIpc) is 1.61. The van der Waals surface area contributed by atoms with E-state index >= 15 is 0 Å².